The molecule has 1 amide bonds. The van der Waals surface area contributed by atoms with Crippen LogP contribution in [0, 0.1) is 5.92 Å². The molecule has 1 aliphatic carbocycles. The van der Waals surface area contributed by atoms with Gasteiger partial charge in [0, 0.05) is 37.2 Å². The van der Waals surface area contributed by atoms with Crippen LogP contribution in [0.5, 0.6) is 0 Å². The van der Waals surface area contributed by atoms with E-state index in [-0.39, 0.29) is 23.2 Å². The molecule has 1 aliphatic heterocycles. The molecule has 186 valence electrons. The van der Waals surface area contributed by atoms with Crippen LogP contribution >= 0.6 is 0 Å². The Bertz CT molecular complexity index is 1220. The lowest BCUT2D eigenvalue weighted by atomic mass is 9.82. The maximum atomic E-state index is 13.8. The summed E-state index contributed by atoms with van der Waals surface area (Å²) >= 11 is 0. The maximum Gasteiger partial charge on any atom is 0.284 e. The van der Waals surface area contributed by atoms with E-state index in [0.717, 1.165) is 49.8 Å². The van der Waals surface area contributed by atoms with Crippen molar-refractivity contribution in [1.82, 2.24) is 24.4 Å². The van der Waals surface area contributed by atoms with E-state index in [1.54, 1.807) is 10.9 Å². The molecule has 3 aromatic heterocycles. The van der Waals surface area contributed by atoms with Crippen LogP contribution in [-0.2, 0) is 4.74 Å². The Morgan fingerprint density at radius 1 is 1.20 bits per heavy atom. The van der Waals surface area contributed by atoms with Crippen molar-refractivity contribution in [2.75, 3.05) is 18.5 Å². The van der Waals surface area contributed by atoms with Crippen molar-refractivity contribution in [2.45, 2.75) is 63.8 Å². The van der Waals surface area contributed by atoms with E-state index < -0.39 is 18.0 Å². The molecule has 2 aliphatic rings. The summed E-state index contributed by atoms with van der Waals surface area (Å²) in [7, 11) is 0. The van der Waals surface area contributed by atoms with E-state index >= 15 is 0 Å². The number of carbonyl (C=O) groups is 1. The van der Waals surface area contributed by atoms with Gasteiger partial charge in [0.2, 0.25) is 0 Å². The number of allylic oxidation sites excluding steroid dienone is 1. The van der Waals surface area contributed by atoms with Gasteiger partial charge in [0.25, 0.3) is 12.3 Å². The molecule has 5 rings (SSSR count). The Kier molecular flexibility index (Phi) is 6.64. The second-order valence-corrected chi connectivity index (χ2v) is 9.58. The predicted molar refractivity (Wildman–Crippen MR) is 127 cm³/mol. The number of halogens is 2. The number of fused-ring (bicyclic) bond motifs is 1. The molecule has 1 saturated carbocycles. The molecule has 4 heterocycles. The summed E-state index contributed by atoms with van der Waals surface area (Å²) in [6.45, 7) is 7.43. The lowest BCUT2D eigenvalue weighted by molar-refractivity contribution is 0.0845. The summed E-state index contributed by atoms with van der Waals surface area (Å²) < 4.78 is 36.1. The number of alkyl halides is 2. The summed E-state index contributed by atoms with van der Waals surface area (Å²) in [6.07, 6.45) is 7.21. The van der Waals surface area contributed by atoms with E-state index in [4.69, 9.17) is 4.74 Å². The highest BCUT2D eigenvalue weighted by Gasteiger charge is 2.28. The highest BCUT2D eigenvalue weighted by Crippen LogP contribution is 2.37. The number of amides is 1. The van der Waals surface area contributed by atoms with E-state index in [2.05, 4.69) is 27.1 Å². The van der Waals surface area contributed by atoms with Crippen molar-refractivity contribution < 1.29 is 18.3 Å². The first-order valence-corrected chi connectivity index (χ1v) is 12.2. The highest BCUT2D eigenvalue weighted by atomic mass is 19.3. The maximum absolute atomic E-state index is 13.8. The minimum Gasteiger partial charge on any atom is -0.381 e. The third-order valence-corrected chi connectivity index (χ3v) is 7.26. The lowest BCUT2D eigenvalue weighted by Crippen LogP contribution is -2.19. The molecular weight excluding hydrogens is 454 g/mol. The first-order chi connectivity index (χ1) is 16.9. The number of aromatic nitrogens is 5. The van der Waals surface area contributed by atoms with Gasteiger partial charge in [0.15, 0.2) is 11.3 Å². The monoisotopic (exact) mass is 484 g/mol. The number of hydrogen-bond acceptors (Lipinski definition) is 5. The van der Waals surface area contributed by atoms with Crippen molar-refractivity contribution in [3.05, 3.63) is 53.8 Å². The Morgan fingerprint density at radius 2 is 1.94 bits per heavy atom. The molecule has 35 heavy (non-hydrogen) atoms. The highest BCUT2D eigenvalue weighted by molar-refractivity contribution is 6.08. The number of nitrogens with zero attached hydrogens (tertiary/aromatic N) is 5. The minimum absolute atomic E-state index is 0.0203. The van der Waals surface area contributed by atoms with Gasteiger partial charge in [-0.3, -0.25) is 9.48 Å². The van der Waals surface area contributed by atoms with E-state index in [1.165, 1.54) is 16.9 Å². The summed E-state index contributed by atoms with van der Waals surface area (Å²) in [6, 6.07) is 1.92. The number of carbonyl (C=O) groups excluding carboxylic acids is 1. The minimum atomic E-state index is -2.81. The average Bonchev–Trinajstić information content (AvgIpc) is 3.49. The Morgan fingerprint density at radius 3 is 2.63 bits per heavy atom. The van der Waals surface area contributed by atoms with Crippen LogP contribution in [0.3, 0.4) is 0 Å². The van der Waals surface area contributed by atoms with Crippen LogP contribution in [0.4, 0.5) is 14.5 Å². The number of rotatable bonds is 6. The Hall–Kier alpha value is -3.14. The van der Waals surface area contributed by atoms with Gasteiger partial charge in [0.05, 0.1) is 17.9 Å². The van der Waals surface area contributed by atoms with Crippen molar-refractivity contribution in [1.29, 1.82) is 0 Å². The largest absolute Gasteiger partial charge is 0.381 e. The molecule has 2 fully saturated rings. The van der Waals surface area contributed by atoms with Crippen molar-refractivity contribution in [3.63, 3.8) is 0 Å². The molecule has 0 atom stereocenters. The predicted octanol–water partition coefficient (Wildman–Crippen LogP) is 5.32. The number of anilines is 1. The van der Waals surface area contributed by atoms with E-state index in [0.29, 0.717) is 24.8 Å². The fourth-order valence-corrected chi connectivity index (χ4v) is 5.14. The molecule has 0 unspecified atom stereocenters. The third-order valence-electron chi connectivity index (χ3n) is 7.26. The van der Waals surface area contributed by atoms with Gasteiger partial charge in [-0.1, -0.05) is 12.2 Å². The first kappa shape index (κ1) is 23.6. The molecule has 8 nitrogen and oxygen atoms in total. The molecule has 1 N–H and O–H groups in total. The molecular formula is C25H30F2N6O2. The van der Waals surface area contributed by atoms with Gasteiger partial charge < -0.3 is 10.1 Å². The fraction of sp³-hybridized carbons (Fsp3) is 0.520. The van der Waals surface area contributed by atoms with Gasteiger partial charge in [-0.05, 0) is 57.4 Å². The van der Waals surface area contributed by atoms with Crippen LogP contribution in [0.2, 0.25) is 0 Å². The Labute approximate surface area is 202 Å². The van der Waals surface area contributed by atoms with Crippen LogP contribution in [0.1, 0.15) is 85.6 Å². The van der Waals surface area contributed by atoms with E-state index in [1.807, 2.05) is 13.0 Å². The molecule has 10 heteroatoms. The number of hydrogen-bond donors (Lipinski definition) is 1. The topological polar surface area (TPSA) is 86.3 Å². The van der Waals surface area contributed by atoms with Crippen LogP contribution in [0.25, 0.3) is 5.65 Å². The van der Waals surface area contributed by atoms with Crippen LogP contribution < -0.4 is 5.32 Å². The third kappa shape index (κ3) is 4.84. The number of ether oxygens (including phenoxy) is 1. The second-order valence-electron chi connectivity index (χ2n) is 9.58. The first-order valence-electron chi connectivity index (χ1n) is 12.2. The van der Waals surface area contributed by atoms with Gasteiger partial charge in [0.1, 0.15) is 5.56 Å². The molecule has 0 radical (unpaired) electrons. The van der Waals surface area contributed by atoms with Gasteiger partial charge in [-0.25, -0.2) is 18.3 Å². The fourth-order valence-electron chi connectivity index (χ4n) is 5.14. The van der Waals surface area contributed by atoms with Crippen molar-refractivity contribution in [3.8, 4) is 0 Å². The second kappa shape index (κ2) is 9.85. The standard InChI is InChI=1S/C25H30F2N6O2/c1-15(2)16-3-5-18(6-4-16)33-14-21(22(31-33)23(26)27)30-25(34)19-13-28-32-10-7-20(29-24(19)32)17-8-11-35-12-9-17/h7,10,13-14,16-18,23H,1,3-6,8-9,11-12H2,2H3,(H,30,34). The molecule has 1 saturated heterocycles. The van der Waals surface area contributed by atoms with Gasteiger partial charge >= 0.3 is 0 Å². The van der Waals surface area contributed by atoms with Gasteiger partial charge in [-0.15, -0.1) is 0 Å². The van der Waals surface area contributed by atoms with Crippen LogP contribution in [-0.4, -0.2) is 43.5 Å². The normalized spacial score (nSPS) is 21.5. The smallest absolute Gasteiger partial charge is 0.284 e. The van der Waals surface area contributed by atoms with Crippen molar-refractivity contribution in [2.24, 2.45) is 5.92 Å². The molecule has 0 bridgehead atoms. The molecule has 0 spiro atoms. The zero-order chi connectivity index (χ0) is 24.5. The van der Waals surface area contributed by atoms with Gasteiger partial charge in [-0.2, -0.15) is 10.2 Å². The summed E-state index contributed by atoms with van der Waals surface area (Å²) in [5.74, 6) is 0.178. The van der Waals surface area contributed by atoms with Crippen LogP contribution in [0.15, 0.2) is 36.8 Å². The SMILES string of the molecule is C=C(C)C1CCC(n2cc(NC(=O)c3cnn4ccc(C5CCOCC5)nc34)c(C(F)F)n2)CC1. The summed E-state index contributed by atoms with van der Waals surface area (Å²) in [5.41, 5.74) is 2.26. The zero-order valence-corrected chi connectivity index (χ0v) is 19.8. The Balaban J connectivity index is 1.37. The average molecular weight is 485 g/mol. The zero-order valence-electron chi connectivity index (χ0n) is 19.8. The summed E-state index contributed by atoms with van der Waals surface area (Å²) in [5, 5.41) is 11.0. The summed E-state index contributed by atoms with van der Waals surface area (Å²) in [4.78, 5) is 17.8. The van der Waals surface area contributed by atoms with E-state index in [9.17, 15) is 13.6 Å². The number of nitrogens with one attached hydrogen (secondary N) is 1. The van der Waals surface area contributed by atoms with Crippen molar-refractivity contribution >= 4 is 17.2 Å². The molecule has 3 aromatic rings. The quantitative estimate of drug-likeness (QED) is 0.479. The lowest BCUT2D eigenvalue weighted by Gasteiger charge is -2.28. The molecule has 0 aromatic carbocycles.